The summed E-state index contributed by atoms with van der Waals surface area (Å²) in [4.78, 5) is 22.7. The molecule has 0 unspecified atom stereocenters. The normalized spacial score (nSPS) is 10.9. The maximum Gasteiger partial charge on any atom is 0.259 e. The minimum atomic E-state index is -0.191. The number of carbonyl (C=O) groups is 1. The Labute approximate surface area is 177 Å². The van der Waals surface area contributed by atoms with Crippen molar-refractivity contribution in [1.29, 1.82) is 0 Å². The lowest BCUT2D eigenvalue weighted by Crippen LogP contribution is -2.14. The highest BCUT2D eigenvalue weighted by Crippen LogP contribution is 2.32. The Hall–Kier alpha value is -2.97. The predicted molar refractivity (Wildman–Crippen MR) is 116 cm³/mol. The largest absolute Gasteiger partial charge is 0.322 e. The molecular weight excluding hydrogens is 402 g/mol. The number of pyridine rings is 1. The highest BCUT2D eigenvalue weighted by Gasteiger charge is 2.16. The summed E-state index contributed by atoms with van der Waals surface area (Å²) in [6.45, 7) is 5.83. The first-order valence-electron chi connectivity index (χ1n) is 8.99. The van der Waals surface area contributed by atoms with Crippen LogP contribution >= 0.6 is 23.1 Å². The number of nitrogens with one attached hydrogen (secondary N) is 1. The SMILES string of the molecule is Cc1csc(Sc2ccc(NC(=O)c3cnn(-c4ccccn4)c3C)c(C)c2)n1. The first-order chi connectivity index (χ1) is 14.0. The van der Waals surface area contributed by atoms with Gasteiger partial charge in [0.25, 0.3) is 5.91 Å². The topological polar surface area (TPSA) is 72.7 Å². The third kappa shape index (κ3) is 4.23. The highest BCUT2D eigenvalue weighted by molar-refractivity contribution is 8.01. The molecule has 1 amide bonds. The minimum absolute atomic E-state index is 0.191. The average molecular weight is 422 g/mol. The lowest BCUT2D eigenvalue weighted by atomic mass is 10.2. The van der Waals surface area contributed by atoms with E-state index in [2.05, 4.69) is 26.4 Å². The smallest absolute Gasteiger partial charge is 0.259 e. The maximum absolute atomic E-state index is 12.8. The van der Waals surface area contributed by atoms with Gasteiger partial charge in [-0.05, 0) is 56.7 Å². The van der Waals surface area contributed by atoms with Gasteiger partial charge in [0, 0.05) is 27.9 Å². The number of nitrogens with zero attached hydrogens (tertiary/aromatic N) is 4. The van der Waals surface area contributed by atoms with Gasteiger partial charge in [-0.15, -0.1) is 11.3 Å². The molecule has 0 radical (unpaired) electrons. The third-order valence-electron chi connectivity index (χ3n) is 4.37. The molecule has 3 aromatic heterocycles. The van der Waals surface area contributed by atoms with Gasteiger partial charge >= 0.3 is 0 Å². The van der Waals surface area contributed by atoms with Gasteiger partial charge in [-0.2, -0.15) is 5.10 Å². The van der Waals surface area contributed by atoms with Crippen LogP contribution in [-0.2, 0) is 0 Å². The van der Waals surface area contributed by atoms with E-state index in [1.807, 2.05) is 56.5 Å². The molecule has 4 rings (SSSR count). The van der Waals surface area contributed by atoms with Gasteiger partial charge in [-0.25, -0.2) is 14.6 Å². The summed E-state index contributed by atoms with van der Waals surface area (Å²) in [6, 6.07) is 11.6. The molecule has 8 heteroatoms. The number of hydrogen-bond acceptors (Lipinski definition) is 6. The second kappa shape index (κ2) is 8.18. The van der Waals surface area contributed by atoms with E-state index in [0.717, 1.165) is 31.9 Å². The fraction of sp³-hybridized carbons (Fsp3) is 0.143. The van der Waals surface area contributed by atoms with E-state index >= 15 is 0 Å². The molecule has 0 bridgehead atoms. The molecule has 0 spiro atoms. The van der Waals surface area contributed by atoms with Crippen molar-refractivity contribution in [2.24, 2.45) is 0 Å². The molecule has 0 saturated heterocycles. The van der Waals surface area contributed by atoms with Gasteiger partial charge in [0.2, 0.25) is 0 Å². The summed E-state index contributed by atoms with van der Waals surface area (Å²) >= 11 is 3.26. The number of aromatic nitrogens is 4. The van der Waals surface area contributed by atoms with Crippen molar-refractivity contribution in [3.8, 4) is 5.82 Å². The van der Waals surface area contributed by atoms with E-state index in [9.17, 15) is 4.79 Å². The summed E-state index contributed by atoms with van der Waals surface area (Å²) in [5, 5.41) is 9.35. The molecule has 0 aliphatic carbocycles. The van der Waals surface area contributed by atoms with Crippen LogP contribution in [0.5, 0.6) is 0 Å². The van der Waals surface area contributed by atoms with Crippen LogP contribution in [0.15, 0.2) is 63.4 Å². The Balaban J connectivity index is 1.51. The number of thiazole rings is 1. The van der Waals surface area contributed by atoms with Crippen molar-refractivity contribution in [2.75, 3.05) is 5.32 Å². The van der Waals surface area contributed by atoms with E-state index in [0.29, 0.717) is 11.4 Å². The Morgan fingerprint density at radius 3 is 2.72 bits per heavy atom. The Kier molecular flexibility index (Phi) is 5.46. The first kappa shape index (κ1) is 19.4. The Morgan fingerprint density at radius 2 is 2.03 bits per heavy atom. The van der Waals surface area contributed by atoms with E-state index in [1.54, 1.807) is 40.2 Å². The zero-order valence-electron chi connectivity index (χ0n) is 16.2. The number of hydrogen-bond donors (Lipinski definition) is 1. The van der Waals surface area contributed by atoms with Crippen molar-refractivity contribution in [3.05, 3.63) is 76.7 Å². The first-order valence-corrected chi connectivity index (χ1v) is 10.7. The second-order valence-corrected chi connectivity index (χ2v) is 8.71. The fourth-order valence-corrected chi connectivity index (χ4v) is 4.76. The van der Waals surface area contributed by atoms with E-state index < -0.39 is 0 Å². The summed E-state index contributed by atoms with van der Waals surface area (Å²) in [5.41, 5.74) is 4.06. The van der Waals surface area contributed by atoms with Crippen LogP contribution in [0.3, 0.4) is 0 Å². The highest BCUT2D eigenvalue weighted by atomic mass is 32.2. The van der Waals surface area contributed by atoms with Crippen LogP contribution in [-0.4, -0.2) is 25.7 Å². The van der Waals surface area contributed by atoms with Crippen LogP contribution in [0.1, 0.15) is 27.3 Å². The molecule has 0 saturated carbocycles. The van der Waals surface area contributed by atoms with Gasteiger partial charge in [0.1, 0.15) is 0 Å². The Bertz CT molecular complexity index is 1170. The fourth-order valence-electron chi connectivity index (χ4n) is 2.85. The number of anilines is 1. The Morgan fingerprint density at radius 1 is 1.17 bits per heavy atom. The lowest BCUT2D eigenvalue weighted by molar-refractivity contribution is 0.102. The van der Waals surface area contributed by atoms with Gasteiger partial charge < -0.3 is 5.32 Å². The monoisotopic (exact) mass is 421 g/mol. The number of aryl methyl sites for hydroxylation is 2. The van der Waals surface area contributed by atoms with Gasteiger partial charge in [0.05, 0.1) is 17.5 Å². The molecule has 3 heterocycles. The minimum Gasteiger partial charge on any atom is -0.322 e. The molecule has 1 aromatic carbocycles. The molecule has 0 aliphatic heterocycles. The number of benzene rings is 1. The van der Waals surface area contributed by atoms with Crippen LogP contribution in [0.25, 0.3) is 5.82 Å². The number of carbonyl (C=O) groups excluding carboxylic acids is 1. The van der Waals surface area contributed by atoms with Crippen molar-refractivity contribution in [2.45, 2.75) is 30.0 Å². The van der Waals surface area contributed by atoms with E-state index in [1.165, 1.54) is 0 Å². The molecular formula is C21H19N5OS2. The molecule has 4 aromatic rings. The lowest BCUT2D eigenvalue weighted by Gasteiger charge is -2.10. The van der Waals surface area contributed by atoms with E-state index in [-0.39, 0.29) is 5.91 Å². The predicted octanol–water partition coefficient (Wildman–Crippen LogP) is 5.05. The number of amides is 1. The molecule has 29 heavy (non-hydrogen) atoms. The maximum atomic E-state index is 12.8. The number of rotatable bonds is 5. The van der Waals surface area contributed by atoms with Gasteiger partial charge in [0.15, 0.2) is 10.2 Å². The second-order valence-electron chi connectivity index (χ2n) is 6.53. The molecule has 0 aliphatic rings. The van der Waals surface area contributed by atoms with Crippen molar-refractivity contribution >= 4 is 34.7 Å². The average Bonchev–Trinajstić information content (AvgIpc) is 3.30. The van der Waals surface area contributed by atoms with Crippen LogP contribution in [0, 0.1) is 20.8 Å². The third-order valence-corrected chi connectivity index (χ3v) is 6.42. The molecule has 146 valence electrons. The molecule has 1 N–H and O–H groups in total. The van der Waals surface area contributed by atoms with Crippen molar-refractivity contribution in [3.63, 3.8) is 0 Å². The zero-order valence-corrected chi connectivity index (χ0v) is 17.8. The molecule has 0 fully saturated rings. The standard InChI is InChI=1S/C21H19N5OS2/c1-13-10-16(29-21-24-14(2)12-28-21)7-8-18(13)25-20(27)17-11-23-26(15(17)3)19-6-4-5-9-22-19/h4-12H,1-3H3,(H,25,27). The van der Waals surface area contributed by atoms with Gasteiger partial charge in [-0.3, -0.25) is 4.79 Å². The quantitative estimate of drug-likeness (QED) is 0.488. The van der Waals surface area contributed by atoms with Crippen LogP contribution in [0.4, 0.5) is 5.69 Å². The summed E-state index contributed by atoms with van der Waals surface area (Å²) in [5.74, 6) is 0.489. The molecule has 6 nitrogen and oxygen atoms in total. The zero-order chi connectivity index (χ0) is 20.4. The molecule has 0 atom stereocenters. The summed E-state index contributed by atoms with van der Waals surface area (Å²) in [6.07, 6.45) is 3.27. The van der Waals surface area contributed by atoms with Gasteiger partial charge in [-0.1, -0.05) is 17.8 Å². The summed E-state index contributed by atoms with van der Waals surface area (Å²) < 4.78 is 2.67. The van der Waals surface area contributed by atoms with Crippen molar-refractivity contribution < 1.29 is 4.79 Å². The van der Waals surface area contributed by atoms with Crippen LogP contribution in [0.2, 0.25) is 0 Å². The van der Waals surface area contributed by atoms with E-state index in [4.69, 9.17) is 0 Å². The van der Waals surface area contributed by atoms with Crippen LogP contribution < -0.4 is 5.32 Å². The summed E-state index contributed by atoms with van der Waals surface area (Å²) in [7, 11) is 0. The van der Waals surface area contributed by atoms with Crippen molar-refractivity contribution in [1.82, 2.24) is 19.7 Å².